The Kier molecular flexibility index (Phi) is 10.1. The Morgan fingerprint density at radius 3 is 2.33 bits per heavy atom. The molecule has 2 rings (SSSR count). The van der Waals surface area contributed by atoms with Gasteiger partial charge in [-0.25, -0.2) is 13.2 Å². The van der Waals surface area contributed by atoms with Gasteiger partial charge in [0.15, 0.2) is 11.5 Å². The number of rotatable bonds is 14. The second kappa shape index (κ2) is 12.7. The van der Waals surface area contributed by atoms with Crippen molar-refractivity contribution in [3.63, 3.8) is 0 Å². The van der Waals surface area contributed by atoms with Crippen LogP contribution in [0.1, 0.15) is 37.8 Å². The largest absolute Gasteiger partial charge is 0.490 e. The number of aliphatic carboxylic acids is 1. The van der Waals surface area contributed by atoms with Crippen molar-refractivity contribution < 1.29 is 32.5 Å². The second-order valence-electron chi connectivity index (χ2n) is 7.32. The molecule has 0 unspecified atom stereocenters. The SMILES string of the molecule is CCCCOc1cc(/C=C(\OCC)C(=O)O)ccc1OCCc1ccc(NS(C)(=O)=O)cc1. The molecule has 0 amide bonds. The molecular formula is C24H31NO7S. The fourth-order valence-electron chi connectivity index (χ4n) is 2.88. The lowest BCUT2D eigenvalue weighted by molar-refractivity contribution is -0.136. The van der Waals surface area contributed by atoms with Crippen molar-refractivity contribution in [1.29, 1.82) is 0 Å². The highest BCUT2D eigenvalue weighted by Gasteiger charge is 2.11. The summed E-state index contributed by atoms with van der Waals surface area (Å²) in [4.78, 5) is 11.3. The summed E-state index contributed by atoms with van der Waals surface area (Å²) in [6, 6.07) is 12.3. The first-order valence-corrected chi connectivity index (χ1v) is 12.6. The van der Waals surface area contributed by atoms with Crippen molar-refractivity contribution in [3.8, 4) is 11.5 Å². The lowest BCUT2D eigenvalue weighted by atomic mass is 10.1. The minimum Gasteiger partial charge on any atom is -0.490 e. The number of carbonyl (C=O) groups is 1. The molecule has 0 atom stereocenters. The van der Waals surface area contributed by atoms with E-state index in [9.17, 15) is 18.3 Å². The molecule has 0 saturated heterocycles. The lowest BCUT2D eigenvalue weighted by Gasteiger charge is -2.14. The first-order valence-electron chi connectivity index (χ1n) is 10.8. The third-order valence-corrected chi connectivity index (χ3v) is 5.04. The van der Waals surface area contributed by atoms with Crippen LogP contribution in [0.15, 0.2) is 48.2 Å². The van der Waals surface area contributed by atoms with Crippen LogP contribution in [0.4, 0.5) is 5.69 Å². The van der Waals surface area contributed by atoms with Gasteiger partial charge in [-0.2, -0.15) is 0 Å². The Morgan fingerprint density at radius 1 is 1.03 bits per heavy atom. The molecule has 0 aliphatic heterocycles. The molecule has 0 aromatic heterocycles. The minimum absolute atomic E-state index is 0.139. The summed E-state index contributed by atoms with van der Waals surface area (Å²) < 4.78 is 42.0. The number of unbranched alkanes of at least 4 members (excludes halogenated alkanes) is 1. The first-order chi connectivity index (χ1) is 15.7. The summed E-state index contributed by atoms with van der Waals surface area (Å²) >= 11 is 0. The third kappa shape index (κ3) is 9.44. The van der Waals surface area contributed by atoms with Gasteiger partial charge >= 0.3 is 5.97 Å². The first kappa shape index (κ1) is 26.1. The highest BCUT2D eigenvalue weighted by atomic mass is 32.2. The number of hydrogen-bond acceptors (Lipinski definition) is 6. The second-order valence-corrected chi connectivity index (χ2v) is 9.07. The molecule has 9 heteroatoms. The zero-order chi connectivity index (χ0) is 24.3. The van der Waals surface area contributed by atoms with E-state index in [0.717, 1.165) is 24.7 Å². The molecule has 0 heterocycles. The van der Waals surface area contributed by atoms with Crippen molar-refractivity contribution in [2.75, 3.05) is 30.8 Å². The van der Waals surface area contributed by atoms with Gasteiger partial charge in [0.2, 0.25) is 15.8 Å². The molecule has 0 aliphatic carbocycles. The monoisotopic (exact) mass is 477 g/mol. The average molecular weight is 478 g/mol. The highest BCUT2D eigenvalue weighted by molar-refractivity contribution is 7.92. The lowest BCUT2D eigenvalue weighted by Crippen LogP contribution is -2.09. The molecule has 0 spiro atoms. The van der Waals surface area contributed by atoms with Crippen molar-refractivity contribution in [2.24, 2.45) is 0 Å². The normalized spacial score (nSPS) is 11.7. The van der Waals surface area contributed by atoms with Crippen molar-refractivity contribution in [2.45, 2.75) is 33.1 Å². The molecule has 0 aliphatic rings. The van der Waals surface area contributed by atoms with Crippen molar-refractivity contribution in [3.05, 3.63) is 59.4 Å². The van der Waals surface area contributed by atoms with Gasteiger partial charge in [-0.3, -0.25) is 4.72 Å². The Hall–Kier alpha value is -3.20. The van der Waals surface area contributed by atoms with Crippen LogP contribution in [0, 0.1) is 0 Å². The summed E-state index contributed by atoms with van der Waals surface area (Å²) in [5, 5.41) is 9.28. The summed E-state index contributed by atoms with van der Waals surface area (Å²) in [6.45, 7) is 4.95. The fourth-order valence-corrected chi connectivity index (χ4v) is 3.44. The van der Waals surface area contributed by atoms with Gasteiger partial charge in [0.05, 0.1) is 26.1 Å². The molecule has 180 valence electrons. The summed E-state index contributed by atoms with van der Waals surface area (Å²) in [5.74, 6) is -0.180. The van der Waals surface area contributed by atoms with Crippen LogP contribution in [0.3, 0.4) is 0 Å². The zero-order valence-corrected chi connectivity index (χ0v) is 20.0. The van der Waals surface area contributed by atoms with E-state index >= 15 is 0 Å². The van der Waals surface area contributed by atoms with E-state index in [2.05, 4.69) is 11.6 Å². The van der Waals surface area contributed by atoms with Crippen molar-refractivity contribution >= 4 is 27.8 Å². The molecule has 2 aromatic rings. The van der Waals surface area contributed by atoms with E-state index in [1.807, 2.05) is 12.1 Å². The van der Waals surface area contributed by atoms with E-state index in [-0.39, 0.29) is 12.4 Å². The number of sulfonamides is 1. The fraction of sp³-hybridized carbons (Fsp3) is 0.375. The maximum Gasteiger partial charge on any atom is 0.371 e. The molecule has 0 saturated carbocycles. The maximum absolute atomic E-state index is 11.3. The summed E-state index contributed by atoms with van der Waals surface area (Å²) in [5.41, 5.74) is 2.13. The molecule has 8 nitrogen and oxygen atoms in total. The van der Waals surface area contributed by atoms with Crippen LogP contribution >= 0.6 is 0 Å². The number of anilines is 1. The van der Waals surface area contributed by atoms with Crippen LogP contribution in [0.5, 0.6) is 11.5 Å². The number of ether oxygens (including phenoxy) is 3. The third-order valence-electron chi connectivity index (χ3n) is 4.44. The molecule has 0 radical (unpaired) electrons. The number of hydrogen-bond donors (Lipinski definition) is 2. The Balaban J connectivity index is 2.09. The molecule has 2 N–H and O–H groups in total. The van der Waals surface area contributed by atoms with Crippen LogP contribution in [-0.4, -0.2) is 45.6 Å². The number of carboxylic acids is 1. The zero-order valence-electron chi connectivity index (χ0n) is 19.2. The summed E-state index contributed by atoms with van der Waals surface area (Å²) in [6.07, 6.45) is 5.03. The molecular weight excluding hydrogens is 446 g/mol. The van der Waals surface area contributed by atoms with Gasteiger partial charge in [-0.05, 0) is 54.8 Å². The van der Waals surface area contributed by atoms with Gasteiger partial charge in [0, 0.05) is 12.1 Å². The van der Waals surface area contributed by atoms with Gasteiger partial charge in [-0.1, -0.05) is 31.5 Å². The van der Waals surface area contributed by atoms with Crippen LogP contribution in [0.25, 0.3) is 6.08 Å². The standard InChI is InChI=1S/C24H31NO7S/c1-4-6-14-31-22-16-19(17-23(24(26)27)30-5-2)9-12-21(22)32-15-13-18-7-10-20(11-8-18)25-33(3,28)29/h7-12,16-17,25H,4-6,13-15H2,1-3H3,(H,26,27)/b23-17-. The van der Waals surface area contributed by atoms with Gasteiger partial charge < -0.3 is 19.3 Å². The average Bonchev–Trinajstić information content (AvgIpc) is 2.75. The molecule has 0 fully saturated rings. The maximum atomic E-state index is 11.3. The number of carboxylic acid groups (broad SMARTS) is 1. The van der Waals surface area contributed by atoms with E-state index in [1.165, 1.54) is 6.08 Å². The Morgan fingerprint density at radius 2 is 1.73 bits per heavy atom. The van der Waals surface area contributed by atoms with Gasteiger partial charge in [-0.15, -0.1) is 0 Å². The number of benzene rings is 2. The summed E-state index contributed by atoms with van der Waals surface area (Å²) in [7, 11) is -3.31. The van der Waals surface area contributed by atoms with E-state index < -0.39 is 16.0 Å². The molecule has 0 bridgehead atoms. The van der Waals surface area contributed by atoms with E-state index in [1.54, 1.807) is 37.3 Å². The molecule has 2 aromatic carbocycles. The Bertz CT molecular complexity index is 1050. The quantitative estimate of drug-likeness (QED) is 0.237. The van der Waals surface area contributed by atoms with Gasteiger partial charge in [0.1, 0.15) is 0 Å². The minimum atomic E-state index is -3.31. The predicted octanol–water partition coefficient (Wildman–Crippen LogP) is 4.32. The molecule has 33 heavy (non-hydrogen) atoms. The van der Waals surface area contributed by atoms with Crippen LogP contribution in [0.2, 0.25) is 0 Å². The van der Waals surface area contributed by atoms with E-state index in [4.69, 9.17) is 14.2 Å². The smallest absolute Gasteiger partial charge is 0.371 e. The number of nitrogens with one attached hydrogen (secondary N) is 1. The topological polar surface area (TPSA) is 111 Å². The highest BCUT2D eigenvalue weighted by Crippen LogP contribution is 2.30. The van der Waals surface area contributed by atoms with Crippen LogP contribution in [-0.2, 0) is 26.0 Å². The van der Waals surface area contributed by atoms with Gasteiger partial charge in [0.25, 0.3) is 0 Å². The van der Waals surface area contributed by atoms with Crippen molar-refractivity contribution in [1.82, 2.24) is 0 Å². The Labute approximate surface area is 195 Å². The predicted molar refractivity (Wildman–Crippen MR) is 128 cm³/mol. The van der Waals surface area contributed by atoms with E-state index in [0.29, 0.717) is 42.4 Å². The van der Waals surface area contributed by atoms with Crippen LogP contribution < -0.4 is 14.2 Å².